The van der Waals surface area contributed by atoms with Gasteiger partial charge in [0.15, 0.2) is 0 Å². The molecule has 0 nitrogen and oxygen atoms in total. The molecule has 18 heavy (non-hydrogen) atoms. The fourth-order valence-corrected chi connectivity index (χ4v) is 0. The number of hydrogen-bond acceptors (Lipinski definition) is 6. The molecule has 0 N–H and O–H groups in total. The molecule has 0 spiro atoms. The van der Waals surface area contributed by atoms with Crippen LogP contribution in [0.3, 0.4) is 0 Å². The zero-order valence-corrected chi connectivity index (χ0v) is 17.0. The Morgan fingerprint density at radius 1 is 0.333 bits per heavy atom. The summed E-state index contributed by atoms with van der Waals surface area (Å²) < 4.78 is 0. The first kappa shape index (κ1) is 58.0. The van der Waals surface area contributed by atoms with Gasteiger partial charge in [-0.25, -0.2) is 0 Å². The minimum absolute atomic E-state index is 0. The quantitative estimate of drug-likeness (QED) is 0.409. The Labute approximate surface area is 167 Å². The zero-order valence-electron chi connectivity index (χ0n) is 9.34. The van der Waals surface area contributed by atoms with E-state index in [-0.39, 0.29) is 66.8 Å². The van der Waals surface area contributed by atoms with Gasteiger partial charge < -0.3 is 0 Å². The predicted molar refractivity (Wildman–Crippen MR) is 108 cm³/mol. The van der Waals surface area contributed by atoms with E-state index < -0.39 is 0 Å². The van der Waals surface area contributed by atoms with E-state index in [9.17, 15) is 0 Å². The Morgan fingerprint density at radius 2 is 0.389 bits per heavy atom. The molecule has 0 unspecified atom stereocenters. The summed E-state index contributed by atoms with van der Waals surface area (Å²) in [6.07, 6.45) is 12.4. The van der Waals surface area contributed by atoms with Crippen LogP contribution in [0.25, 0.3) is 0 Å². The molecule has 0 aromatic carbocycles. The van der Waals surface area contributed by atoms with Crippen LogP contribution >= 0.6 is 64.8 Å². The van der Waals surface area contributed by atoms with Crippen LogP contribution in [0.5, 0.6) is 0 Å². The summed E-state index contributed by atoms with van der Waals surface area (Å²) in [7, 11) is 10.6. The van der Waals surface area contributed by atoms with E-state index in [0.717, 1.165) is 0 Å². The van der Waals surface area contributed by atoms with E-state index in [2.05, 4.69) is 37.5 Å². The van der Waals surface area contributed by atoms with Crippen molar-refractivity contribution in [1.29, 1.82) is 0 Å². The maximum absolute atomic E-state index is 2.06. The number of hydrogen-bond donors (Lipinski definition) is 0. The van der Waals surface area contributed by atoms with Crippen molar-refractivity contribution >= 4 is 64.8 Å². The van der Waals surface area contributed by atoms with Crippen molar-refractivity contribution < 1.29 is 37.1 Å². The summed E-state index contributed by atoms with van der Waals surface area (Å²) in [6, 6.07) is 0. The third kappa shape index (κ3) is 164. The van der Waals surface area contributed by atoms with Crippen molar-refractivity contribution in [2.75, 3.05) is 37.5 Å². The molecule has 0 saturated heterocycles. The van der Waals surface area contributed by atoms with Crippen molar-refractivity contribution in [2.24, 2.45) is 0 Å². The Kier molecular flexibility index (Phi) is 282. The van der Waals surface area contributed by atoms with Crippen molar-refractivity contribution in [3.63, 3.8) is 0 Å². The van der Waals surface area contributed by atoms with Crippen LogP contribution in [-0.4, -0.2) is 37.5 Å². The monoisotopic (exact) mass is 448 g/mol. The van der Waals surface area contributed by atoms with E-state index in [1.807, 2.05) is 0 Å². The molecule has 0 saturated carbocycles. The molecule has 0 aliphatic rings. The second kappa shape index (κ2) is 87.6. The van der Waals surface area contributed by atoms with Gasteiger partial charge in [0.05, 0.1) is 0 Å². The van der Waals surface area contributed by atoms with Crippen LogP contribution < -0.4 is 0 Å². The molecule has 8 heteroatoms. The largest absolute Gasteiger partial charge is 0.0979 e. The fraction of sp³-hybridized carbons (Fsp3) is 1.00. The van der Waals surface area contributed by atoms with Gasteiger partial charge >= 0.3 is 0 Å². The van der Waals surface area contributed by atoms with Crippen molar-refractivity contribution in [3.05, 3.63) is 0 Å². The van der Waals surface area contributed by atoms with Crippen LogP contribution in [0.2, 0.25) is 0 Å². The molecule has 0 aliphatic carbocycles. The van der Waals surface area contributed by atoms with Crippen LogP contribution in [0, 0.1) is 0 Å². The molecular formula is C10H34S6V2. The SMILES string of the molecule is C.C.C.C.CSSC.CSSC.CSSC.[V].[V]. The smallest absolute Gasteiger partial charge is 0 e. The van der Waals surface area contributed by atoms with E-state index >= 15 is 0 Å². The third-order valence-corrected chi connectivity index (χ3v) is 4.50. The average Bonchev–Trinajstić information content (AvgIpc) is 2.18. The van der Waals surface area contributed by atoms with Gasteiger partial charge in [-0.15, -0.1) is 0 Å². The maximum Gasteiger partial charge on any atom is 0 e. The maximum atomic E-state index is 2.06. The minimum Gasteiger partial charge on any atom is -0.0979 e. The molecule has 0 aliphatic heterocycles. The van der Waals surface area contributed by atoms with E-state index in [1.165, 1.54) is 0 Å². The average molecular weight is 449 g/mol. The molecular weight excluding hydrogens is 414 g/mol. The molecule has 120 valence electrons. The summed E-state index contributed by atoms with van der Waals surface area (Å²) in [5, 5.41) is 0. The Balaban J connectivity index is -0.00000000827. The Bertz CT molecular complexity index is 39.8. The van der Waals surface area contributed by atoms with Crippen LogP contribution in [0.4, 0.5) is 0 Å². The van der Waals surface area contributed by atoms with E-state index in [4.69, 9.17) is 0 Å². The standard InChI is InChI=1S/3C2H6S2.4CH4.2V/c3*1-3-4-2;;;;;;/h3*1-2H3;4*1H4;;. The van der Waals surface area contributed by atoms with Crippen LogP contribution in [-0.2, 0) is 37.1 Å². The van der Waals surface area contributed by atoms with Gasteiger partial charge in [-0.05, 0) is 37.5 Å². The van der Waals surface area contributed by atoms with Crippen LogP contribution in [0.1, 0.15) is 29.7 Å². The summed E-state index contributed by atoms with van der Waals surface area (Å²) in [6.45, 7) is 0. The second-order valence-corrected chi connectivity index (χ2v) is 9.00. The first-order chi connectivity index (χ1) is 5.74. The first-order valence-electron chi connectivity index (χ1n) is 2.95. The second-order valence-electron chi connectivity index (χ2n) is 1.00. The molecule has 0 bridgehead atoms. The molecule has 0 fully saturated rings. The summed E-state index contributed by atoms with van der Waals surface area (Å²) >= 11 is 0. The summed E-state index contributed by atoms with van der Waals surface area (Å²) in [5.41, 5.74) is 0. The molecule has 0 amide bonds. The van der Waals surface area contributed by atoms with Gasteiger partial charge in [-0.2, -0.15) is 0 Å². The van der Waals surface area contributed by atoms with E-state index in [1.54, 1.807) is 64.8 Å². The zero-order chi connectivity index (χ0) is 10.2. The predicted octanol–water partition coefficient (Wildman–Crippen LogP) is 7.42. The Morgan fingerprint density at radius 3 is 0.389 bits per heavy atom. The minimum atomic E-state index is 0. The van der Waals surface area contributed by atoms with Crippen molar-refractivity contribution in [1.82, 2.24) is 0 Å². The third-order valence-electron chi connectivity index (χ3n) is 0.500. The molecule has 0 atom stereocenters. The van der Waals surface area contributed by atoms with Gasteiger partial charge in [-0.1, -0.05) is 94.5 Å². The number of rotatable bonds is 3. The van der Waals surface area contributed by atoms with Gasteiger partial charge in [-0.3, -0.25) is 0 Å². The van der Waals surface area contributed by atoms with Gasteiger partial charge in [0.25, 0.3) is 0 Å². The molecule has 2 radical (unpaired) electrons. The molecule has 0 aromatic heterocycles. The molecule has 0 heterocycles. The van der Waals surface area contributed by atoms with Gasteiger partial charge in [0, 0.05) is 37.1 Å². The van der Waals surface area contributed by atoms with Crippen molar-refractivity contribution in [3.8, 4) is 0 Å². The summed E-state index contributed by atoms with van der Waals surface area (Å²) in [5.74, 6) is 0. The summed E-state index contributed by atoms with van der Waals surface area (Å²) in [4.78, 5) is 0. The normalized spacial score (nSPS) is 5.00. The molecule has 0 rings (SSSR count). The van der Waals surface area contributed by atoms with Gasteiger partial charge in [0.1, 0.15) is 0 Å². The van der Waals surface area contributed by atoms with E-state index in [0.29, 0.717) is 0 Å². The molecule has 0 aromatic rings. The first-order valence-corrected chi connectivity index (χ1v) is 11.8. The van der Waals surface area contributed by atoms with Gasteiger partial charge in [0.2, 0.25) is 0 Å². The van der Waals surface area contributed by atoms with Crippen LogP contribution in [0.15, 0.2) is 0 Å². The Hall–Kier alpha value is 3.27. The topological polar surface area (TPSA) is 0 Å². The fourth-order valence-electron chi connectivity index (χ4n) is 0. The van der Waals surface area contributed by atoms with Crippen molar-refractivity contribution in [2.45, 2.75) is 29.7 Å².